The molecule has 1 heterocycles. The van der Waals surface area contributed by atoms with E-state index in [1.54, 1.807) is 20.0 Å². The molecule has 0 fully saturated rings. The normalized spacial score (nSPS) is 11.6. The topological polar surface area (TPSA) is 62.5 Å². The molecule has 0 amide bonds. The molecule has 0 saturated heterocycles. The Hall–Kier alpha value is -2.37. The van der Waals surface area contributed by atoms with E-state index in [2.05, 4.69) is 20.8 Å². The zero-order valence-corrected chi connectivity index (χ0v) is 14.0. The molecule has 2 rings (SSSR count). The van der Waals surface area contributed by atoms with E-state index in [9.17, 15) is 4.39 Å². The number of aromatic nitrogens is 1. The molecule has 1 aromatic heterocycles. The molecular weight excluding hydrogens is 295 g/mol. The quantitative estimate of drug-likeness (QED) is 0.657. The third-order valence-corrected chi connectivity index (χ3v) is 3.75. The summed E-state index contributed by atoms with van der Waals surface area (Å²) in [7, 11) is 1.72. The lowest BCUT2D eigenvalue weighted by Crippen LogP contribution is -2.37. The largest absolute Gasteiger partial charge is 0.361 e. The lowest BCUT2D eigenvalue weighted by Gasteiger charge is -2.12. The Kier molecular flexibility index (Phi) is 5.73. The van der Waals surface area contributed by atoms with Crippen molar-refractivity contribution < 1.29 is 8.91 Å². The van der Waals surface area contributed by atoms with Gasteiger partial charge in [0.25, 0.3) is 0 Å². The maximum Gasteiger partial charge on any atom is 0.191 e. The SMILES string of the molecule is CN=C(NCCc1c(C)noc1C)NCc1ccc(F)c(C)c1. The summed E-state index contributed by atoms with van der Waals surface area (Å²) in [5, 5.41) is 10.4. The molecule has 124 valence electrons. The average molecular weight is 318 g/mol. The molecule has 1 aromatic carbocycles. The first-order valence-corrected chi connectivity index (χ1v) is 7.62. The van der Waals surface area contributed by atoms with Gasteiger partial charge in [-0.15, -0.1) is 0 Å². The van der Waals surface area contributed by atoms with Gasteiger partial charge in [0, 0.05) is 25.7 Å². The maximum absolute atomic E-state index is 13.3. The van der Waals surface area contributed by atoms with Gasteiger partial charge in [0.05, 0.1) is 5.69 Å². The van der Waals surface area contributed by atoms with E-state index in [-0.39, 0.29) is 5.82 Å². The van der Waals surface area contributed by atoms with Crippen molar-refractivity contribution in [1.82, 2.24) is 15.8 Å². The van der Waals surface area contributed by atoms with Crippen LogP contribution in [0.15, 0.2) is 27.7 Å². The third kappa shape index (κ3) is 4.55. The average Bonchev–Trinajstić information content (AvgIpc) is 2.85. The molecule has 0 unspecified atom stereocenters. The number of guanidine groups is 1. The number of nitrogens with zero attached hydrogens (tertiary/aromatic N) is 2. The monoisotopic (exact) mass is 318 g/mol. The highest BCUT2D eigenvalue weighted by molar-refractivity contribution is 5.79. The summed E-state index contributed by atoms with van der Waals surface area (Å²) in [6.07, 6.45) is 0.817. The van der Waals surface area contributed by atoms with Crippen LogP contribution in [0.2, 0.25) is 0 Å². The number of aryl methyl sites for hydroxylation is 3. The van der Waals surface area contributed by atoms with Crippen molar-refractivity contribution in [3.8, 4) is 0 Å². The molecule has 0 spiro atoms. The number of benzene rings is 1. The molecule has 0 radical (unpaired) electrons. The molecule has 0 aliphatic rings. The van der Waals surface area contributed by atoms with Crippen LogP contribution in [0.1, 0.15) is 28.1 Å². The van der Waals surface area contributed by atoms with Crippen LogP contribution in [0, 0.1) is 26.6 Å². The van der Waals surface area contributed by atoms with Crippen LogP contribution in [0.3, 0.4) is 0 Å². The summed E-state index contributed by atoms with van der Waals surface area (Å²) in [6, 6.07) is 5.09. The van der Waals surface area contributed by atoms with Gasteiger partial charge in [-0.1, -0.05) is 17.3 Å². The fourth-order valence-electron chi connectivity index (χ4n) is 2.39. The highest BCUT2D eigenvalue weighted by atomic mass is 19.1. The van der Waals surface area contributed by atoms with Crippen LogP contribution < -0.4 is 10.6 Å². The van der Waals surface area contributed by atoms with Crippen molar-refractivity contribution in [1.29, 1.82) is 0 Å². The highest BCUT2D eigenvalue weighted by Gasteiger charge is 2.08. The minimum atomic E-state index is -0.185. The molecule has 0 atom stereocenters. The summed E-state index contributed by atoms with van der Waals surface area (Å²) in [6.45, 7) is 6.93. The van der Waals surface area contributed by atoms with Crippen LogP contribution >= 0.6 is 0 Å². The minimum Gasteiger partial charge on any atom is -0.361 e. The molecule has 0 saturated carbocycles. The lowest BCUT2D eigenvalue weighted by molar-refractivity contribution is 0.392. The zero-order valence-electron chi connectivity index (χ0n) is 14.0. The Labute approximate surface area is 136 Å². The molecule has 2 N–H and O–H groups in total. The predicted octanol–water partition coefficient (Wildman–Crippen LogP) is 2.65. The van der Waals surface area contributed by atoms with Crippen molar-refractivity contribution in [2.24, 2.45) is 4.99 Å². The number of nitrogens with one attached hydrogen (secondary N) is 2. The van der Waals surface area contributed by atoms with E-state index in [1.807, 2.05) is 19.9 Å². The van der Waals surface area contributed by atoms with Gasteiger partial charge in [-0.2, -0.15) is 0 Å². The number of aliphatic imine (C=N–C) groups is 1. The summed E-state index contributed by atoms with van der Waals surface area (Å²) in [5.74, 6) is 1.38. The first-order chi connectivity index (χ1) is 11.0. The maximum atomic E-state index is 13.3. The number of rotatable bonds is 5. The number of hydrogen-bond donors (Lipinski definition) is 2. The molecular formula is C17H23FN4O. The van der Waals surface area contributed by atoms with Gasteiger partial charge in [-0.05, 0) is 44.4 Å². The molecule has 23 heavy (non-hydrogen) atoms. The zero-order chi connectivity index (χ0) is 16.8. The van der Waals surface area contributed by atoms with Crippen LogP contribution in [0.5, 0.6) is 0 Å². The third-order valence-electron chi connectivity index (χ3n) is 3.75. The van der Waals surface area contributed by atoms with E-state index >= 15 is 0 Å². The fourth-order valence-corrected chi connectivity index (χ4v) is 2.39. The standard InChI is InChI=1S/C17H23FN4O/c1-11-9-14(5-6-16(11)18)10-21-17(19-4)20-8-7-15-12(2)22-23-13(15)3/h5-6,9H,7-8,10H2,1-4H3,(H2,19,20,21). The molecule has 5 nitrogen and oxygen atoms in total. The Balaban J connectivity index is 1.83. The fraction of sp³-hybridized carbons (Fsp3) is 0.412. The van der Waals surface area contributed by atoms with Crippen molar-refractivity contribution >= 4 is 5.96 Å². The van der Waals surface area contributed by atoms with E-state index in [0.29, 0.717) is 18.1 Å². The molecule has 0 aliphatic heterocycles. The van der Waals surface area contributed by atoms with Gasteiger partial charge in [0.2, 0.25) is 0 Å². The predicted molar refractivity (Wildman–Crippen MR) is 89.0 cm³/mol. The second-order valence-electron chi connectivity index (χ2n) is 5.49. The van der Waals surface area contributed by atoms with Gasteiger partial charge in [0.15, 0.2) is 5.96 Å². The summed E-state index contributed by atoms with van der Waals surface area (Å²) in [5.41, 5.74) is 3.71. The van der Waals surface area contributed by atoms with Crippen LogP contribution in [-0.2, 0) is 13.0 Å². The van der Waals surface area contributed by atoms with Crippen LogP contribution in [-0.4, -0.2) is 24.7 Å². The van der Waals surface area contributed by atoms with Gasteiger partial charge in [-0.25, -0.2) is 4.39 Å². The summed E-state index contributed by atoms with van der Waals surface area (Å²) in [4.78, 5) is 4.19. The van der Waals surface area contributed by atoms with Crippen molar-refractivity contribution in [2.45, 2.75) is 33.7 Å². The Morgan fingerprint density at radius 3 is 2.65 bits per heavy atom. The lowest BCUT2D eigenvalue weighted by atomic mass is 10.1. The van der Waals surface area contributed by atoms with Gasteiger partial charge in [-0.3, -0.25) is 4.99 Å². The van der Waals surface area contributed by atoms with Crippen molar-refractivity contribution in [2.75, 3.05) is 13.6 Å². The van der Waals surface area contributed by atoms with Crippen molar-refractivity contribution in [3.63, 3.8) is 0 Å². The van der Waals surface area contributed by atoms with E-state index < -0.39 is 0 Å². The summed E-state index contributed by atoms with van der Waals surface area (Å²) >= 11 is 0. The van der Waals surface area contributed by atoms with Gasteiger partial charge >= 0.3 is 0 Å². The van der Waals surface area contributed by atoms with Gasteiger partial charge < -0.3 is 15.2 Å². The second-order valence-corrected chi connectivity index (χ2v) is 5.49. The number of halogens is 1. The van der Waals surface area contributed by atoms with Crippen LogP contribution in [0.4, 0.5) is 4.39 Å². The second kappa shape index (κ2) is 7.76. The Morgan fingerprint density at radius 2 is 2.04 bits per heavy atom. The first kappa shape index (κ1) is 17.0. The summed E-state index contributed by atoms with van der Waals surface area (Å²) < 4.78 is 18.4. The van der Waals surface area contributed by atoms with E-state index in [1.165, 1.54) is 6.07 Å². The Bertz CT molecular complexity index is 674. The molecule has 2 aromatic rings. The molecule has 6 heteroatoms. The van der Waals surface area contributed by atoms with Crippen LogP contribution in [0.25, 0.3) is 0 Å². The van der Waals surface area contributed by atoms with Crippen molar-refractivity contribution in [3.05, 3.63) is 52.2 Å². The smallest absolute Gasteiger partial charge is 0.191 e. The van der Waals surface area contributed by atoms with Gasteiger partial charge in [0.1, 0.15) is 11.6 Å². The minimum absolute atomic E-state index is 0.185. The first-order valence-electron chi connectivity index (χ1n) is 7.62. The van der Waals surface area contributed by atoms with E-state index in [0.717, 1.165) is 35.5 Å². The highest BCUT2D eigenvalue weighted by Crippen LogP contribution is 2.12. The van der Waals surface area contributed by atoms with E-state index in [4.69, 9.17) is 4.52 Å². The Morgan fingerprint density at radius 1 is 1.26 bits per heavy atom. The molecule has 0 aliphatic carbocycles. The molecule has 0 bridgehead atoms. The number of hydrogen-bond acceptors (Lipinski definition) is 3.